The minimum Gasteiger partial charge on any atom is -0.280 e. The van der Waals surface area contributed by atoms with Crippen molar-refractivity contribution >= 4 is 38.7 Å². The first-order valence-electron chi connectivity index (χ1n) is 9.59. The van der Waals surface area contributed by atoms with Crippen LogP contribution < -0.4 is 4.72 Å². The lowest BCUT2D eigenvalue weighted by molar-refractivity contribution is -0.132. The van der Waals surface area contributed by atoms with Gasteiger partial charge in [-0.05, 0) is 41.3 Å². The first-order valence-corrected chi connectivity index (χ1v) is 12.0. The van der Waals surface area contributed by atoms with E-state index in [9.17, 15) is 13.2 Å². The molecule has 1 aromatic heterocycles. The predicted octanol–water partition coefficient (Wildman–Crippen LogP) is 4.64. The molecule has 6 nitrogen and oxygen atoms in total. The Hall–Kier alpha value is -2.97. The number of anilines is 1. The smallest absolute Gasteiger partial charge is 0.261 e. The Morgan fingerprint density at radius 3 is 2.47 bits per heavy atom. The third kappa shape index (κ3) is 4.15. The molecule has 30 heavy (non-hydrogen) atoms. The molecule has 2 aromatic carbocycles. The Morgan fingerprint density at radius 1 is 1.10 bits per heavy atom. The summed E-state index contributed by atoms with van der Waals surface area (Å²) in [6, 6.07) is 19.2. The molecule has 0 saturated carbocycles. The van der Waals surface area contributed by atoms with Crippen molar-refractivity contribution in [2.24, 2.45) is 5.10 Å². The summed E-state index contributed by atoms with van der Waals surface area (Å²) in [4.78, 5) is 13.7. The number of sulfonamides is 1. The molecule has 3 aromatic rings. The maximum Gasteiger partial charge on any atom is 0.261 e. The molecule has 0 saturated heterocycles. The average Bonchev–Trinajstić information content (AvgIpc) is 3.44. The normalized spacial score (nSPS) is 16.4. The number of nitrogens with one attached hydrogen (secondary N) is 1. The van der Waals surface area contributed by atoms with Crippen LogP contribution in [0.4, 0.5) is 5.69 Å². The van der Waals surface area contributed by atoms with E-state index in [1.807, 2.05) is 36.6 Å². The number of nitrogens with zero attached hydrogens (tertiary/aromatic N) is 2. The zero-order valence-electron chi connectivity index (χ0n) is 16.4. The first-order chi connectivity index (χ1) is 14.5. The second kappa shape index (κ2) is 8.41. The van der Waals surface area contributed by atoms with E-state index in [0.29, 0.717) is 18.5 Å². The molecule has 0 unspecified atom stereocenters. The van der Waals surface area contributed by atoms with Crippen LogP contribution in [0.1, 0.15) is 36.2 Å². The maximum absolute atomic E-state index is 12.5. The lowest BCUT2D eigenvalue weighted by Gasteiger charge is -2.19. The number of amides is 1. The Balaban J connectivity index is 1.54. The minimum atomic E-state index is -3.64. The fourth-order valence-electron chi connectivity index (χ4n) is 3.32. The predicted molar refractivity (Wildman–Crippen MR) is 119 cm³/mol. The average molecular weight is 440 g/mol. The molecule has 1 amide bonds. The Bertz CT molecular complexity index is 1160. The minimum absolute atomic E-state index is 0.0179. The summed E-state index contributed by atoms with van der Waals surface area (Å²) < 4.78 is 27.6. The SMILES string of the molecule is CCC(=O)N1N=C(c2ccc(NS(=O)(=O)c3ccccc3)cc2)C[C@H]1c1cccs1. The van der Waals surface area contributed by atoms with Gasteiger partial charge in [0.05, 0.1) is 16.6 Å². The largest absolute Gasteiger partial charge is 0.280 e. The first kappa shape index (κ1) is 20.3. The van der Waals surface area contributed by atoms with Gasteiger partial charge in [-0.15, -0.1) is 11.3 Å². The molecule has 4 rings (SSSR count). The molecular weight excluding hydrogens is 418 g/mol. The van der Waals surface area contributed by atoms with Gasteiger partial charge in [-0.3, -0.25) is 9.52 Å². The van der Waals surface area contributed by atoms with Crippen molar-refractivity contribution in [3.63, 3.8) is 0 Å². The fraction of sp³-hybridized carbons (Fsp3) is 0.182. The number of hydrogen-bond donors (Lipinski definition) is 1. The van der Waals surface area contributed by atoms with Crippen LogP contribution in [0.2, 0.25) is 0 Å². The van der Waals surface area contributed by atoms with Crippen LogP contribution in [0.3, 0.4) is 0 Å². The molecular formula is C22H21N3O3S2. The van der Waals surface area contributed by atoms with Gasteiger partial charge in [0.15, 0.2) is 0 Å². The van der Waals surface area contributed by atoms with Crippen molar-refractivity contribution in [3.8, 4) is 0 Å². The van der Waals surface area contributed by atoms with Crippen molar-refractivity contribution < 1.29 is 13.2 Å². The highest BCUT2D eigenvalue weighted by molar-refractivity contribution is 7.92. The van der Waals surface area contributed by atoms with Gasteiger partial charge in [-0.1, -0.05) is 43.3 Å². The van der Waals surface area contributed by atoms with Gasteiger partial charge in [0.25, 0.3) is 10.0 Å². The van der Waals surface area contributed by atoms with E-state index in [1.165, 1.54) is 0 Å². The Labute approximate surface area is 179 Å². The number of carbonyl (C=O) groups excluding carboxylic acids is 1. The second-order valence-corrected chi connectivity index (χ2v) is 9.53. The zero-order valence-corrected chi connectivity index (χ0v) is 18.0. The number of rotatable bonds is 6. The molecule has 1 N–H and O–H groups in total. The molecule has 0 spiro atoms. The number of benzene rings is 2. The van der Waals surface area contributed by atoms with E-state index in [1.54, 1.807) is 58.8 Å². The van der Waals surface area contributed by atoms with Crippen molar-refractivity contribution in [2.75, 3.05) is 4.72 Å². The summed E-state index contributed by atoms with van der Waals surface area (Å²) in [5, 5.41) is 8.16. The molecule has 2 heterocycles. The lowest BCUT2D eigenvalue weighted by atomic mass is 10.0. The monoisotopic (exact) mass is 439 g/mol. The quantitative estimate of drug-likeness (QED) is 0.608. The molecule has 0 radical (unpaired) electrons. The van der Waals surface area contributed by atoms with E-state index >= 15 is 0 Å². The standard InChI is InChI=1S/C22H21N3O3S2/c1-2-22(26)25-20(21-9-6-14-29-21)15-19(23-25)16-10-12-17(13-11-16)24-30(27,28)18-7-4-3-5-8-18/h3-14,20,24H,2,15H2,1H3/t20-/m0/s1. The van der Waals surface area contributed by atoms with E-state index in [2.05, 4.69) is 9.82 Å². The fourth-order valence-corrected chi connectivity index (χ4v) is 5.22. The van der Waals surface area contributed by atoms with Crippen LogP contribution in [0.25, 0.3) is 0 Å². The maximum atomic E-state index is 12.5. The van der Waals surface area contributed by atoms with Crippen LogP contribution in [0.5, 0.6) is 0 Å². The second-order valence-electron chi connectivity index (χ2n) is 6.87. The van der Waals surface area contributed by atoms with Crippen molar-refractivity contribution in [3.05, 3.63) is 82.6 Å². The van der Waals surface area contributed by atoms with Gasteiger partial charge >= 0.3 is 0 Å². The molecule has 0 aliphatic carbocycles. The molecule has 0 bridgehead atoms. The number of hydrazone groups is 1. The van der Waals surface area contributed by atoms with Crippen LogP contribution in [-0.4, -0.2) is 25.0 Å². The number of thiophene rings is 1. The molecule has 1 aliphatic heterocycles. The Kier molecular flexibility index (Phi) is 5.69. The highest BCUT2D eigenvalue weighted by Crippen LogP contribution is 2.35. The molecule has 154 valence electrons. The van der Waals surface area contributed by atoms with E-state index < -0.39 is 10.0 Å². The highest BCUT2D eigenvalue weighted by Gasteiger charge is 2.32. The third-order valence-corrected chi connectivity index (χ3v) is 7.23. The van der Waals surface area contributed by atoms with Crippen LogP contribution >= 0.6 is 11.3 Å². The number of hydrogen-bond acceptors (Lipinski definition) is 5. The summed E-state index contributed by atoms with van der Waals surface area (Å²) in [7, 11) is -3.64. The van der Waals surface area contributed by atoms with Crippen molar-refractivity contribution in [1.29, 1.82) is 0 Å². The molecule has 1 aliphatic rings. The third-order valence-electron chi connectivity index (χ3n) is 4.86. The summed E-state index contributed by atoms with van der Waals surface area (Å²) in [6.45, 7) is 1.83. The van der Waals surface area contributed by atoms with Gasteiger partial charge in [0, 0.05) is 23.4 Å². The number of carbonyl (C=O) groups is 1. The summed E-state index contributed by atoms with van der Waals surface area (Å²) in [6.07, 6.45) is 1.01. The lowest BCUT2D eigenvalue weighted by Crippen LogP contribution is -2.25. The zero-order chi connectivity index (χ0) is 21.1. The van der Waals surface area contributed by atoms with Crippen molar-refractivity contribution in [1.82, 2.24) is 5.01 Å². The van der Waals surface area contributed by atoms with E-state index in [-0.39, 0.29) is 16.8 Å². The van der Waals surface area contributed by atoms with Gasteiger partial charge in [0.1, 0.15) is 0 Å². The topological polar surface area (TPSA) is 78.8 Å². The molecule has 0 fully saturated rings. The van der Waals surface area contributed by atoms with Crippen LogP contribution in [0, 0.1) is 0 Å². The highest BCUT2D eigenvalue weighted by atomic mass is 32.2. The summed E-state index contributed by atoms with van der Waals surface area (Å²) in [5.41, 5.74) is 2.15. The summed E-state index contributed by atoms with van der Waals surface area (Å²) >= 11 is 1.61. The Morgan fingerprint density at radius 2 is 1.83 bits per heavy atom. The summed E-state index contributed by atoms with van der Waals surface area (Å²) in [5.74, 6) is -0.0179. The van der Waals surface area contributed by atoms with Gasteiger partial charge < -0.3 is 0 Å². The molecule has 8 heteroatoms. The molecule has 1 atom stereocenters. The van der Waals surface area contributed by atoms with Gasteiger partial charge in [-0.2, -0.15) is 5.10 Å². The van der Waals surface area contributed by atoms with Gasteiger partial charge in [0.2, 0.25) is 5.91 Å². The van der Waals surface area contributed by atoms with E-state index in [4.69, 9.17) is 0 Å². The van der Waals surface area contributed by atoms with E-state index in [0.717, 1.165) is 16.2 Å². The van der Waals surface area contributed by atoms with Crippen LogP contribution in [0.15, 0.2) is 82.1 Å². The van der Waals surface area contributed by atoms with Gasteiger partial charge in [-0.25, -0.2) is 13.4 Å². The van der Waals surface area contributed by atoms with Crippen molar-refractivity contribution in [2.45, 2.75) is 30.7 Å². The van der Waals surface area contributed by atoms with Crippen LogP contribution in [-0.2, 0) is 14.8 Å².